The lowest BCUT2D eigenvalue weighted by atomic mass is 9.71. The van der Waals surface area contributed by atoms with Gasteiger partial charge in [-0.25, -0.2) is 0 Å². The molecule has 130 valence electrons. The lowest BCUT2D eigenvalue weighted by molar-refractivity contribution is -0.137. The second-order valence-corrected chi connectivity index (χ2v) is 6.85. The van der Waals surface area contributed by atoms with Crippen LogP contribution in [-0.2, 0) is 11.3 Å². The minimum absolute atomic E-state index is 0.0155. The van der Waals surface area contributed by atoms with E-state index >= 15 is 0 Å². The molecule has 1 unspecified atom stereocenters. The van der Waals surface area contributed by atoms with Crippen molar-refractivity contribution in [3.63, 3.8) is 0 Å². The molecule has 25 heavy (non-hydrogen) atoms. The number of amides is 1. The number of pyridine rings is 2. The predicted octanol–water partition coefficient (Wildman–Crippen LogP) is 1.55. The van der Waals surface area contributed by atoms with Gasteiger partial charge < -0.3 is 14.6 Å². The third-order valence-corrected chi connectivity index (χ3v) is 4.47. The summed E-state index contributed by atoms with van der Waals surface area (Å²) in [5.74, 6) is -1.52. The minimum Gasteiger partial charge on any atom is -0.480 e. The van der Waals surface area contributed by atoms with Gasteiger partial charge in [-0.3, -0.25) is 19.4 Å². The van der Waals surface area contributed by atoms with Crippen molar-refractivity contribution in [2.75, 3.05) is 6.54 Å². The topological polar surface area (TPSA) is 92.5 Å². The maximum absolute atomic E-state index is 12.9. The number of carbonyl (C=O) groups excluding carboxylic acids is 1. The van der Waals surface area contributed by atoms with E-state index in [1.54, 1.807) is 17.3 Å². The minimum atomic E-state index is -1.13. The average molecular weight is 341 g/mol. The number of nitrogens with zero attached hydrogens (tertiary/aromatic N) is 3. The number of hydrogen-bond acceptors (Lipinski definition) is 4. The Morgan fingerprint density at radius 3 is 2.56 bits per heavy atom. The summed E-state index contributed by atoms with van der Waals surface area (Å²) in [6.45, 7) is 4.18. The van der Waals surface area contributed by atoms with Crippen LogP contribution >= 0.6 is 0 Å². The van der Waals surface area contributed by atoms with Crippen molar-refractivity contribution in [3.05, 3.63) is 64.3 Å². The highest BCUT2D eigenvalue weighted by Crippen LogP contribution is 2.48. The highest BCUT2D eigenvalue weighted by Gasteiger charge is 2.49. The summed E-state index contributed by atoms with van der Waals surface area (Å²) in [5.41, 5.74) is 0.235. The average Bonchev–Trinajstić information content (AvgIpc) is 2.55. The Kier molecular flexibility index (Phi) is 4.16. The maximum atomic E-state index is 12.9. The number of aromatic nitrogens is 2. The standard InChI is InChI=1S/C18H19N3O4/c1-18(2)11-21(15(18)12-5-7-19-8-6-12)17(25)13-4-3-9-20(16(13)24)10-14(22)23/h3-9,15H,10-11H2,1-2H3,(H,22,23). The van der Waals surface area contributed by atoms with Crippen LogP contribution in [0, 0.1) is 5.41 Å². The van der Waals surface area contributed by atoms with Gasteiger partial charge in [-0.15, -0.1) is 0 Å². The molecule has 2 aromatic rings. The van der Waals surface area contributed by atoms with E-state index in [-0.39, 0.29) is 22.9 Å². The number of aliphatic carboxylic acids is 1. The molecule has 0 radical (unpaired) electrons. The molecule has 3 rings (SSSR count). The van der Waals surface area contributed by atoms with Crippen LogP contribution in [0.3, 0.4) is 0 Å². The summed E-state index contributed by atoms with van der Waals surface area (Å²) in [6, 6.07) is 6.52. The second-order valence-electron chi connectivity index (χ2n) is 6.85. The van der Waals surface area contributed by atoms with Crippen LogP contribution in [0.1, 0.15) is 35.8 Å². The smallest absolute Gasteiger partial charge is 0.323 e. The number of rotatable bonds is 4. The SMILES string of the molecule is CC1(C)CN(C(=O)c2cccn(CC(=O)O)c2=O)C1c1ccncc1. The Balaban J connectivity index is 1.94. The van der Waals surface area contributed by atoms with E-state index in [2.05, 4.69) is 18.8 Å². The number of carboxylic acids is 1. The van der Waals surface area contributed by atoms with Gasteiger partial charge in [0.2, 0.25) is 0 Å². The fraction of sp³-hybridized carbons (Fsp3) is 0.333. The normalized spacial score (nSPS) is 18.5. The molecule has 0 spiro atoms. The Hall–Kier alpha value is -2.96. The summed E-state index contributed by atoms with van der Waals surface area (Å²) < 4.78 is 1.03. The quantitative estimate of drug-likeness (QED) is 0.911. The van der Waals surface area contributed by atoms with E-state index in [1.165, 1.54) is 18.3 Å². The molecule has 0 saturated carbocycles. The monoisotopic (exact) mass is 341 g/mol. The molecule has 1 fully saturated rings. The Morgan fingerprint density at radius 1 is 1.28 bits per heavy atom. The van der Waals surface area contributed by atoms with Gasteiger partial charge in [-0.2, -0.15) is 0 Å². The van der Waals surface area contributed by atoms with Crippen LogP contribution in [0.4, 0.5) is 0 Å². The van der Waals surface area contributed by atoms with Crippen LogP contribution in [0.5, 0.6) is 0 Å². The molecule has 1 aliphatic heterocycles. The van der Waals surface area contributed by atoms with E-state index in [0.717, 1.165) is 10.1 Å². The highest BCUT2D eigenvalue weighted by atomic mass is 16.4. The van der Waals surface area contributed by atoms with Crippen molar-refractivity contribution >= 4 is 11.9 Å². The largest absolute Gasteiger partial charge is 0.480 e. The van der Waals surface area contributed by atoms with E-state index in [0.29, 0.717) is 6.54 Å². The molecule has 1 N–H and O–H groups in total. The lowest BCUT2D eigenvalue weighted by Crippen LogP contribution is -2.58. The van der Waals surface area contributed by atoms with Gasteiger partial charge in [0, 0.05) is 30.6 Å². The van der Waals surface area contributed by atoms with Crippen LogP contribution in [0.15, 0.2) is 47.7 Å². The Bertz CT molecular complexity index is 873. The highest BCUT2D eigenvalue weighted by molar-refractivity contribution is 5.95. The molecule has 0 aromatic carbocycles. The molecule has 7 heteroatoms. The van der Waals surface area contributed by atoms with Gasteiger partial charge in [0.25, 0.3) is 11.5 Å². The van der Waals surface area contributed by atoms with Crippen LogP contribution in [0.2, 0.25) is 0 Å². The third-order valence-electron chi connectivity index (χ3n) is 4.47. The fourth-order valence-electron chi connectivity index (χ4n) is 3.42. The first-order chi connectivity index (χ1) is 11.8. The number of carbonyl (C=O) groups is 2. The summed E-state index contributed by atoms with van der Waals surface area (Å²) in [7, 11) is 0. The Morgan fingerprint density at radius 2 is 1.96 bits per heavy atom. The first kappa shape index (κ1) is 16.9. The second kappa shape index (κ2) is 6.16. The van der Waals surface area contributed by atoms with Gasteiger partial charge in [0.15, 0.2) is 0 Å². The van der Waals surface area contributed by atoms with E-state index in [1.807, 2.05) is 12.1 Å². The summed E-state index contributed by atoms with van der Waals surface area (Å²) in [4.78, 5) is 41.9. The molecular weight excluding hydrogens is 322 g/mol. The van der Waals surface area contributed by atoms with Gasteiger partial charge in [0.05, 0.1) is 6.04 Å². The van der Waals surface area contributed by atoms with Gasteiger partial charge >= 0.3 is 5.97 Å². The van der Waals surface area contributed by atoms with Gasteiger partial charge in [-0.05, 0) is 29.8 Å². The van der Waals surface area contributed by atoms with Crippen molar-refractivity contribution in [3.8, 4) is 0 Å². The van der Waals surface area contributed by atoms with Gasteiger partial charge in [0.1, 0.15) is 12.1 Å². The Labute approximate surface area is 144 Å². The number of hydrogen-bond donors (Lipinski definition) is 1. The number of likely N-dealkylation sites (tertiary alicyclic amines) is 1. The van der Waals surface area contributed by atoms with E-state index in [4.69, 9.17) is 5.11 Å². The van der Waals surface area contributed by atoms with E-state index in [9.17, 15) is 14.4 Å². The summed E-state index contributed by atoms with van der Waals surface area (Å²) in [6.07, 6.45) is 4.72. The zero-order valence-corrected chi connectivity index (χ0v) is 14.0. The molecule has 0 aliphatic carbocycles. The molecule has 1 atom stereocenters. The first-order valence-corrected chi connectivity index (χ1v) is 7.93. The molecule has 0 bridgehead atoms. The maximum Gasteiger partial charge on any atom is 0.323 e. The molecular formula is C18H19N3O4. The molecule has 1 aliphatic rings. The molecule has 7 nitrogen and oxygen atoms in total. The number of carboxylic acid groups (broad SMARTS) is 1. The van der Waals surface area contributed by atoms with Crippen molar-refractivity contribution < 1.29 is 14.7 Å². The molecule has 3 heterocycles. The molecule has 1 saturated heterocycles. The molecule has 1 amide bonds. The van der Waals surface area contributed by atoms with Crippen molar-refractivity contribution in [1.82, 2.24) is 14.5 Å². The fourth-order valence-corrected chi connectivity index (χ4v) is 3.42. The van der Waals surface area contributed by atoms with Crippen LogP contribution in [-0.4, -0.2) is 38.0 Å². The third kappa shape index (κ3) is 3.05. The summed E-state index contributed by atoms with van der Waals surface area (Å²) in [5, 5.41) is 8.89. The van der Waals surface area contributed by atoms with Gasteiger partial charge in [-0.1, -0.05) is 13.8 Å². The van der Waals surface area contributed by atoms with Crippen LogP contribution in [0.25, 0.3) is 0 Å². The zero-order chi connectivity index (χ0) is 18.2. The van der Waals surface area contributed by atoms with E-state index < -0.39 is 18.1 Å². The predicted molar refractivity (Wildman–Crippen MR) is 90.1 cm³/mol. The van der Waals surface area contributed by atoms with Crippen molar-refractivity contribution in [2.45, 2.75) is 26.4 Å². The lowest BCUT2D eigenvalue weighted by Gasteiger charge is -2.54. The van der Waals surface area contributed by atoms with Crippen LogP contribution < -0.4 is 5.56 Å². The summed E-state index contributed by atoms with van der Waals surface area (Å²) >= 11 is 0. The van der Waals surface area contributed by atoms with Crippen molar-refractivity contribution in [2.24, 2.45) is 5.41 Å². The first-order valence-electron chi connectivity index (χ1n) is 7.93. The van der Waals surface area contributed by atoms with Crippen molar-refractivity contribution in [1.29, 1.82) is 0 Å². The zero-order valence-electron chi connectivity index (χ0n) is 14.0. The molecule has 2 aromatic heterocycles.